The number of carbonyl (C=O) groups excluding carboxylic acids is 1. The third kappa shape index (κ3) is 6.36. The van der Waals surface area contributed by atoms with Gasteiger partial charge < -0.3 is 20.3 Å². The van der Waals surface area contributed by atoms with Crippen LogP contribution in [0.3, 0.4) is 0 Å². The molecule has 2 atom stereocenters. The maximum Gasteiger partial charge on any atom is 0.355 e. The number of urea groups is 1. The Morgan fingerprint density at radius 2 is 1.98 bits per heavy atom. The van der Waals surface area contributed by atoms with Crippen molar-refractivity contribution in [3.8, 4) is 5.75 Å². The molecule has 1 aromatic carbocycles. The number of halogens is 2. The van der Waals surface area contributed by atoms with E-state index in [-0.39, 0.29) is 40.5 Å². The predicted octanol–water partition coefficient (Wildman–Crippen LogP) is 3.83. The van der Waals surface area contributed by atoms with Crippen LogP contribution in [0.2, 0.25) is 0 Å². The molecule has 5 rings (SSSR count). The van der Waals surface area contributed by atoms with Crippen LogP contribution in [0, 0.1) is 11.6 Å². The highest BCUT2D eigenvalue weighted by Crippen LogP contribution is 2.39. The van der Waals surface area contributed by atoms with Gasteiger partial charge in [-0.2, -0.15) is 4.98 Å². The quantitative estimate of drug-likeness (QED) is 0.309. The van der Waals surface area contributed by atoms with Crippen molar-refractivity contribution in [1.29, 1.82) is 0 Å². The van der Waals surface area contributed by atoms with Crippen LogP contribution in [-0.2, 0) is 0 Å². The summed E-state index contributed by atoms with van der Waals surface area (Å²) < 4.78 is 36.2. The Morgan fingerprint density at radius 1 is 1.19 bits per heavy atom. The summed E-state index contributed by atoms with van der Waals surface area (Å²) in [5, 5.41) is 8.61. The van der Waals surface area contributed by atoms with Gasteiger partial charge in [0, 0.05) is 37.3 Å². The second-order valence-electron chi connectivity index (χ2n) is 11.7. The van der Waals surface area contributed by atoms with Crippen molar-refractivity contribution in [2.75, 3.05) is 55.5 Å². The van der Waals surface area contributed by atoms with Gasteiger partial charge in [0.2, 0.25) is 5.95 Å². The third-order valence-electron chi connectivity index (χ3n) is 8.45. The van der Waals surface area contributed by atoms with E-state index in [2.05, 4.69) is 69.2 Å². The largest absolute Gasteiger partial charge is 0.490 e. The van der Waals surface area contributed by atoms with E-state index in [1.807, 2.05) is 0 Å². The van der Waals surface area contributed by atoms with Gasteiger partial charge in [0.15, 0.2) is 17.5 Å². The molecule has 3 saturated heterocycles. The smallest absolute Gasteiger partial charge is 0.355 e. The number of rotatable bonds is 11. The Bertz CT molecular complexity index is 1280. The normalized spacial score (nSPS) is 22.1. The fraction of sp³-hybridized carbons (Fsp3) is 0.607. The third-order valence-corrected chi connectivity index (χ3v) is 8.45. The molecule has 0 spiro atoms. The number of hydrogen-bond acceptors (Lipinski definition) is 10. The summed E-state index contributed by atoms with van der Waals surface area (Å²) in [6.07, 6.45) is 5.14. The van der Waals surface area contributed by atoms with Crippen LogP contribution in [-0.4, -0.2) is 88.3 Å². The number of likely N-dealkylation sites (N-methyl/N-ethyl adjacent to an activating group) is 1. The van der Waals surface area contributed by atoms with Gasteiger partial charge in [0.05, 0.1) is 11.9 Å². The maximum absolute atomic E-state index is 15.4. The average molecular weight is 589 g/mol. The first-order chi connectivity index (χ1) is 20.1. The van der Waals surface area contributed by atoms with Gasteiger partial charge in [-0.15, -0.1) is 11.1 Å². The Balaban J connectivity index is 1.36. The van der Waals surface area contributed by atoms with Crippen molar-refractivity contribution in [3.05, 3.63) is 30.0 Å². The van der Waals surface area contributed by atoms with Crippen LogP contribution < -0.4 is 31.4 Å². The van der Waals surface area contributed by atoms with E-state index in [9.17, 15) is 9.18 Å². The lowest BCUT2D eigenvalue weighted by atomic mass is 9.84. The van der Waals surface area contributed by atoms with E-state index in [1.165, 1.54) is 28.6 Å². The van der Waals surface area contributed by atoms with E-state index in [4.69, 9.17) is 4.74 Å². The van der Waals surface area contributed by atoms with Crippen molar-refractivity contribution in [2.45, 2.75) is 71.0 Å². The number of carbonyl (C=O) groups is 1. The maximum atomic E-state index is 15.4. The second kappa shape index (κ2) is 12.5. The zero-order valence-electron chi connectivity index (χ0n) is 25.0. The number of anilines is 4. The van der Waals surface area contributed by atoms with Gasteiger partial charge in [-0.25, -0.2) is 28.6 Å². The van der Waals surface area contributed by atoms with E-state index >= 15 is 4.39 Å². The molecule has 12 nitrogen and oxygen atoms in total. The first-order valence-corrected chi connectivity index (χ1v) is 14.7. The Morgan fingerprint density at radius 3 is 2.69 bits per heavy atom. The molecule has 14 heteroatoms. The summed E-state index contributed by atoms with van der Waals surface area (Å²) in [6.45, 7) is 12.3. The number of aromatic nitrogens is 2. The standard InChI is InChI=1S/C28H42F2N10O2/c1-6-38(7-2)11-12-42-24-14-20(29)22(15-23(24)40-27(41)37(5)35-36-40)33-26-31-17-21(30)25(34-26)32-18-13-19-9-8-10-39(19)28(3,4)16-18/h14-15,17-19,35-36H,6-13,16H2,1-5H3,(H2,31,32,33,34)/t18-,19+/m1/s1. The number of hydrazine groups is 3. The van der Waals surface area contributed by atoms with Crippen LogP contribution in [0.15, 0.2) is 18.3 Å². The molecule has 2 aromatic rings. The Hall–Kier alpha value is -3.33. The minimum Gasteiger partial charge on any atom is -0.490 e. The molecule has 0 radical (unpaired) electrons. The van der Waals surface area contributed by atoms with Crippen molar-refractivity contribution < 1.29 is 18.3 Å². The molecule has 3 aliphatic heterocycles. The average Bonchev–Trinajstić information content (AvgIpc) is 3.56. The van der Waals surface area contributed by atoms with Gasteiger partial charge in [-0.3, -0.25) is 4.90 Å². The lowest BCUT2D eigenvalue weighted by Gasteiger charge is -2.47. The zero-order chi connectivity index (χ0) is 30.0. The molecule has 0 aliphatic carbocycles. The summed E-state index contributed by atoms with van der Waals surface area (Å²) in [5.74, 6) is -0.938. The van der Waals surface area contributed by atoms with E-state index in [0.717, 1.165) is 45.1 Å². The zero-order valence-corrected chi connectivity index (χ0v) is 25.0. The number of nitrogens with zero attached hydrogens (tertiary/aromatic N) is 6. The van der Waals surface area contributed by atoms with Gasteiger partial charge >= 0.3 is 6.03 Å². The van der Waals surface area contributed by atoms with Gasteiger partial charge in [-0.1, -0.05) is 13.8 Å². The van der Waals surface area contributed by atoms with E-state index in [0.29, 0.717) is 19.2 Å². The minimum absolute atomic E-state index is 0.000347. The van der Waals surface area contributed by atoms with Crippen LogP contribution >= 0.6 is 0 Å². The number of hydrogen-bond donors (Lipinski definition) is 4. The highest BCUT2D eigenvalue weighted by molar-refractivity contribution is 5.94. The first kappa shape index (κ1) is 30.1. The number of ether oxygens (including phenoxy) is 1. The topological polar surface area (TPSA) is 113 Å². The summed E-state index contributed by atoms with van der Waals surface area (Å²) in [4.78, 5) is 25.9. The molecule has 0 unspecified atom stereocenters. The monoisotopic (exact) mass is 588 g/mol. The summed E-state index contributed by atoms with van der Waals surface area (Å²) in [5.41, 5.74) is 5.74. The predicted molar refractivity (Wildman–Crippen MR) is 157 cm³/mol. The van der Waals surface area contributed by atoms with Crippen molar-refractivity contribution in [2.24, 2.45) is 0 Å². The molecular weight excluding hydrogens is 546 g/mol. The van der Waals surface area contributed by atoms with Crippen molar-refractivity contribution >= 4 is 29.2 Å². The van der Waals surface area contributed by atoms with E-state index < -0.39 is 17.7 Å². The van der Waals surface area contributed by atoms with Crippen molar-refractivity contribution in [1.82, 2.24) is 35.8 Å². The molecule has 0 saturated carbocycles. The number of amides is 2. The second-order valence-corrected chi connectivity index (χ2v) is 11.7. The SMILES string of the molecule is CCN(CC)CCOc1cc(F)c(Nc2ncc(F)c(N[C@@H]3C[C@@H]4CCCN4C(C)(C)C3)n2)cc1N1NNN(C)C1=O. The summed E-state index contributed by atoms with van der Waals surface area (Å²) in [6, 6.07) is 2.75. The molecule has 42 heavy (non-hydrogen) atoms. The molecule has 2 amide bonds. The number of nitrogens with one attached hydrogen (secondary N) is 4. The molecule has 3 fully saturated rings. The van der Waals surface area contributed by atoms with Gasteiger partial charge in [-0.05, 0) is 65.2 Å². The van der Waals surface area contributed by atoms with Crippen LogP contribution in [0.5, 0.6) is 5.75 Å². The molecule has 4 heterocycles. The summed E-state index contributed by atoms with van der Waals surface area (Å²) >= 11 is 0. The molecule has 3 aliphatic rings. The Labute approximate surface area is 245 Å². The van der Waals surface area contributed by atoms with Crippen molar-refractivity contribution in [3.63, 3.8) is 0 Å². The Kier molecular flexibility index (Phi) is 8.97. The van der Waals surface area contributed by atoms with Crippen LogP contribution in [0.25, 0.3) is 0 Å². The summed E-state index contributed by atoms with van der Waals surface area (Å²) in [7, 11) is 1.55. The first-order valence-electron chi connectivity index (χ1n) is 14.7. The molecule has 4 N–H and O–H groups in total. The van der Waals surface area contributed by atoms with Gasteiger partial charge in [0.1, 0.15) is 18.0 Å². The number of benzene rings is 1. The molecule has 0 bridgehead atoms. The van der Waals surface area contributed by atoms with Crippen LogP contribution in [0.1, 0.15) is 53.4 Å². The fourth-order valence-electron chi connectivity index (χ4n) is 6.25. The lowest BCUT2D eigenvalue weighted by molar-refractivity contribution is 0.0500. The lowest BCUT2D eigenvalue weighted by Crippen LogP contribution is -2.55. The minimum atomic E-state index is -0.637. The van der Waals surface area contributed by atoms with Crippen LogP contribution in [0.4, 0.5) is 36.7 Å². The number of piperidine rings is 1. The fourth-order valence-corrected chi connectivity index (χ4v) is 6.25. The molecular formula is C28H42F2N10O2. The van der Waals surface area contributed by atoms with E-state index in [1.54, 1.807) is 7.05 Å². The number of fused-ring (bicyclic) bond motifs is 1. The molecule has 1 aromatic heterocycles. The highest BCUT2D eigenvalue weighted by atomic mass is 19.1. The molecule has 230 valence electrons. The van der Waals surface area contributed by atoms with Gasteiger partial charge in [0.25, 0.3) is 0 Å². The highest BCUT2D eigenvalue weighted by Gasteiger charge is 2.43.